The predicted octanol–water partition coefficient (Wildman–Crippen LogP) is -1.40. The molecule has 1 N–H and O–H groups in total. The molecule has 1 saturated heterocycles. The van der Waals surface area contributed by atoms with Crippen LogP contribution in [0.2, 0.25) is 0 Å². The quantitative estimate of drug-likeness (QED) is 0.463. The molecule has 2 aliphatic rings. The molecule has 6 nitrogen and oxygen atoms in total. The van der Waals surface area contributed by atoms with Gasteiger partial charge in [0.25, 0.3) is 0 Å². The van der Waals surface area contributed by atoms with E-state index in [1.165, 1.54) is 4.90 Å². The van der Waals surface area contributed by atoms with Crippen LogP contribution >= 0.6 is 0 Å². The van der Waals surface area contributed by atoms with Crippen molar-refractivity contribution >= 4 is 11.9 Å². The van der Waals surface area contributed by atoms with E-state index in [9.17, 15) is 19.8 Å². The molecule has 0 aromatic heterocycles. The number of hydrogen-bond acceptors (Lipinski definition) is 5. The number of aliphatic hydroxyl groups excluding tert-OH is 1. The molecule has 4 rings (SSSR count). The van der Waals surface area contributed by atoms with Gasteiger partial charge in [-0.2, -0.15) is 0 Å². The van der Waals surface area contributed by atoms with Crippen LogP contribution in [0.3, 0.4) is 0 Å². The zero-order valence-corrected chi connectivity index (χ0v) is 19.2. The third kappa shape index (κ3) is 3.81. The number of hydrogen-bond donors (Lipinski definition) is 1. The first-order valence-corrected chi connectivity index (χ1v) is 9.64. The van der Waals surface area contributed by atoms with Gasteiger partial charge in [0, 0.05) is 5.92 Å². The van der Waals surface area contributed by atoms with Crippen molar-refractivity contribution < 1.29 is 54.1 Å². The SMILES string of the molecule is CC(O)C1C(=O)N2C(C(=O)[O-])=C(COc3cccc(-c4ccccc4)c3)[C@H](C)C12.[Na+]. The molecule has 0 radical (unpaired) electrons. The molecule has 30 heavy (non-hydrogen) atoms. The van der Waals surface area contributed by atoms with Gasteiger partial charge in [0.05, 0.1) is 29.7 Å². The summed E-state index contributed by atoms with van der Waals surface area (Å²) in [4.78, 5) is 25.4. The summed E-state index contributed by atoms with van der Waals surface area (Å²) in [6.45, 7) is 3.44. The fourth-order valence-corrected chi connectivity index (χ4v) is 4.38. The minimum Gasteiger partial charge on any atom is -0.543 e. The zero-order valence-electron chi connectivity index (χ0n) is 17.2. The van der Waals surface area contributed by atoms with Crippen LogP contribution in [0.4, 0.5) is 0 Å². The maximum absolute atomic E-state index is 12.4. The fourth-order valence-electron chi connectivity index (χ4n) is 4.38. The molecule has 2 aromatic rings. The van der Waals surface area contributed by atoms with Gasteiger partial charge in [-0.3, -0.25) is 4.79 Å². The van der Waals surface area contributed by atoms with Crippen LogP contribution in [0.5, 0.6) is 5.75 Å². The van der Waals surface area contributed by atoms with Crippen LogP contribution in [0.15, 0.2) is 65.9 Å². The van der Waals surface area contributed by atoms with Gasteiger partial charge in [-0.25, -0.2) is 0 Å². The molecule has 0 saturated carbocycles. The number of aliphatic hydroxyl groups is 1. The van der Waals surface area contributed by atoms with Crippen molar-refractivity contribution in [3.63, 3.8) is 0 Å². The molecular weight excluding hydrogens is 393 g/mol. The molecular formula is C23H22NNaO5. The second-order valence-corrected chi connectivity index (χ2v) is 7.60. The molecule has 3 unspecified atom stereocenters. The average Bonchev–Trinajstić information content (AvgIpc) is 2.95. The molecule has 150 valence electrons. The fraction of sp³-hybridized carbons (Fsp3) is 0.304. The average molecular weight is 415 g/mol. The molecule has 0 spiro atoms. The molecule has 2 aromatic carbocycles. The van der Waals surface area contributed by atoms with Gasteiger partial charge >= 0.3 is 29.6 Å². The Labute approximate surface area is 197 Å². The number of β-lactam (4-membered cyclic amide) rings is 1. The third-order valence-corrected chi connectivity index (χ3v) is 5.84. The van der Waals surface area contributed by atoms with Crippen LogP contribution in [0.25, 0.3) is 11.1 Å². The molecule has 1 fully saturated rings. The number of carboxylic acid groups (broad SMARTS) is 1. The van der Waals surface area contributed by atoms with E-state index in [1.807, 2.05) is 61.5 Å². The minimum absolute atomic E-state index is 0. The van der Waals surface area contributed by atoms with Crippen LogP contribution in [-0.4, -0.2) is 40.6 Å². The number of rotatable bonds is 6. The van der Waals surface area contributed by atoms with Crippen molar-refractivity contribution in [2.75, 3.05) is 6.61 Å². The molecule has 2 heterocycles. The number of amides is 1. The summed E-state index contributed by atoms with van der Waals surface area (Å²) in [5.41, 5.74) is 2.43. The van der Waals surface area contributed by atoms with Gasteiger partial charge in [0.15, 0.2) is 0 Å². The van der Waals surface area contributed by atoms with Crippen molar-refractivity contribution in [2.45, 2.75) is 26.0 Å². The second kappa shape index (κ2) is 8.94. The maximum atomic E-state index is 12.4. The topological polar surface area (TPSA) is 89.9 Å². The third-order valence-electron chi connectivity index (χ3n) is 5.84. The van der Waals surface area contributed by atoms with E-state index >= 15 is 0 Å². The number of carbonyl (C=O) groups is 2. The van der Waals surface area contributed by atoms with Crippen molar-refractivity contribution in [2.24, 2.45) is 11.8 Å². The van der Waals surface area contributed by atoms with Gasteiger partial charge in [-0.05, 0) is 35.8 Å². The minimum atomic E-state index is -1.40. The summed E-state index contributed by atoms with van der Waals surface area (Å²) in [6.07, 6.45) is -0.836. The Kier molecular flexibility index (Phi) is 6.72. The Morgan fingerprint density at radius 1 is 1.17 bits per heavy atom. The smallest absolute Gasteiger partial charge is 0.543 e. The van der Waals surface area contributed by atoms with E-state index in [0.717, 1.165) is 11.1 Å². The van der Waals surface area contributed by atoms with E-state index in [0.29, 0.717) is 11.3 Å². The number of benzene rings is 2. The van der Waals surface area contributed by atoms with E-state index in [2.05, 4.69) is 0 Å². The monoisotopic (exact) mass is 415 g/mol. The Morgan fingerprint density at radius 2 is 1.83 bits per heavy atom. The van der Waals surface area contributed by atoms with Gasteiger partial charge in [-0.15, -0.1) is 0 Å². The van der Waals surface area contributed by atoms with Crippen molar-refractivity contribution in [1.29, 1.82) is 0 Å². The maximum Gasteiger partial charge on any atom is 1.00 e. The van der Waals surface area contributed by atoms with Gasteiger partial charge < -0.3 is 24.6 Å². The molecule has 0 aliphatic carbocycles. The van der Waals surface area contributed by atoms with Crippen molar-refractivity contribution in [1.82, 2.24) is 4.90 Å². The van der Waals surface area contributed by atoms with Crippen molar-refractivity contribution in [3.05, 3.63) is 65.9 Å². The summed E-state index contributed by atoms with van der Waals surface area (Å²) >= 11 is 0. The molecule has 4 atom stereocenters. The largest absolute Gasteiger partial charge is 1.00 e. The number of fused-ring (bicyclic) bond motifs is 1. The molecule has 7 heteroatoms. The standard InChI is InChI=1S/C23H23NO5.Na/c1-13-18(21(23(27)28)24-20(13)19(14(2)25)22(24)26)12-29-17-10-6-9-16(11-17)15-7-4-3-5-8-15;/h3-11,13-14,19-20,25H,12H2,1-2H3,(H,27,28);/q;+1/p-1/t13-,14?,19?,20?;/m0./s1. The summed E-state index contributed by atoms with van der Waals surface area (Å²) in [7, 11) is 0. The van der Waals surface area contributed by atoms with Crippen LogP contribution in [-0.2, 0) is 9.59 Å². The summed E-state index contributed by atoms with van der Waals surface area (Å²) in [6, 6.07) is 17.1. The zero-order chi connectivity index (χ0) is 20.7. The molecule has 1 amide bonds. The molecule has 2 aliphatic heterocycles. The first kappa shape index (κ1) is 22.6. The van der Waals surface area contributed by atoms with E-state index in [4.69, 9.17) is 4.74 Å². The van der Waals surface area contributed by atoms with Crippen LogP contribution in [0.1, 0.15) is 13.8 Å². The number of nitrogens with zero attached hydrogens (tertiary/aromatic N) is 1. The Bertz CT molecular complexity index is 988. The number of ether oxygens (including phenoxy) is 1. The van der Waals surface area contributed by atoms with Crippen molar-refractivity contribution in [3.8, 4) is 16.9 Å². The second-order valence-electron chi connectivity index (χ2n) is 7.60. The number of carboxylic acids is 1. The van der Waals surface area contributed by atoms with E-state index in [1.54, 1.807) is 6.92 Å². The Morgan fingerprint density at radius 3 is 2.47 bits per heavy atom. The normalized spacial score (nSPS) is 23.4. The number of carbonyl (C=O) groups excluding carboxylic acids is 2. The van der Waals surface area contributed by atoms with Crippen LogP contribution in [0, 0.1) is 11.8 Å². The van der Waals surface area contributed by atoms with E-state index in [-0.39, 0.29) is 59.7 Å². The summed E-state index contributed by atoms with van der Waals surface area (Å²) in [5.74, 6) is -2.00. The van der Waals surface area contributed by atoms with Gasteiger partial charge in [0.2, 0.25) is 5.91 Å². The van der Waals surface area contributed by atoms with Crippen LogP contribution < -0.4 is 39.4 Å². The van der Waals surface area contributed by atoms with Gasteiger partial charge in [-0.1, -0.05) is 49.4 Å². The molecule has 0 bridgehead atoms. The summed E-state index contributed by atoms with van der Waals surface area (Å²) in [5, 5.41) is 21.6. The Balaban J connectivity index is 0.00000256. The first-order valence-electron chi connectivity index (χ1n) is 9.64. The number of aliphatic carboxylic acids is 1. The van der Waals surface area contributed by atoms with E-state index < -0.39 is 18.0 Å². The van der Waals surface area contributed by atoms with Gasteiger partial charge in [0.1, 0.15) is 12.4 Å². The predicted molar refractivity (Wildman–Crippen MR) is 104 cm³/mol. The Hall–Kier alpha value is -2.12. The first-order chi connectivity index (χ1) is 13.9. The summed E-state index contributed by atoms with van der Waals surface area (Å²) < 4.78 is 5.91.